The van der Waals surface area contributed by atoms with Crippen molar-refractivity contribution in [1.29, 1.82) is 0 Å². The summed E-state index contributed by atoms with van der Waals surface area (Å²) < 4.78 is 0. The van der Waals surface area contributed by atoms with Crippen LogP contribution in [0.5, 0.6) is 0 Å². The molecule has 112 valence electrons. The topological polar surface area (TPSA) is 15.3 Å². The molecule has 0 spiro atoms. The van der Waals surface area contributed by atoms with E-state index in [2.05, 4.69) is 50.0 Å². The van der Waals surface area contributed by atoms with E-state index in [9.17, 15) is 0 Å². The molecule has 0 aromatic heterocycles. The van der Waals surface area contributed by atoms with Gasteiger partial charge in [0.15, 0.2) is 0 Å². The molecule has 0 atom stereocenters. The van der Waals surface area contributed by atoms with Gasteiger partial charge in [0.25, 0.3) is 0 Å². The van der Waals surface area contributed by atoms with Gasteiger partial charge in [-0.05, 0) is 51.2 Å². The summed E-state index contributed by atoms with van der Waals surface area (Å²) in [6.45, 7) is 12.0. The first kappa shape index (κ1) is 15.7. The predicted molar refractivity (Wildman–Crippen MR) is 88.7 cm³/mol. The molecule has 0 aliphatic carbocycles. The van der Waals surface area contributed by atoms with Gasteiger partial charge in [0.1, 0.15) is 0 Å². The van der Waals surface area contributed by atoms with Crippen molar-refractivity contribution in [2.24, 2.45) is 5.92 Å². The molecule has 0 saturated carbocycles. The standard InChI is InChI=1S/C17H27ClN2/c1-13-8-10-20(11-9-13)16-14(6-5-7-15(16)18)12-19-17(2,3)4/h5-7,13,19H,8-12H2,1-4H3. The number of halogens is 1. The molecule has 20 heavy (non-hydrogen) atoms. The number of nitrogens with one attached hydrogen (secondary N) is 1. The van der Waals surface area contributed by atoms with Crippen molar-refractivity contribution in [3.05, 3.63) is 28.8 Å². The van der Waals surface area contributed by atoms with E-state index in [1.807, 2.05) is 6.07 Å². The van der Waals surface area contributed by atoms with Crippen molar-refractivity contribution >= 4 is 17.3 Å². The van der Waals surface area contributed by atoms with Gasteiger partial charge in [-0.3, -0.25) is 0 Å². The molecule has 2 nitrogen and oxygen atoms in total. The first-order valence-electron chi connectivity index (χ1n) is 7.64. The minimum Gasteiger partial charge on any atom is -0.370 e. The molecule has 3 heteroatoms. The highest BCUT2D eigenvalue weighted by Crippen LogP contribution is 2.33. The second-order valence-electron chi connectivity index (χ2n) is 7.02. The molecule has 1 aliphatic rings. The Hall–Kier alpha value is -0.730. The molecule has 1 heterocycles. The molecule has 2 rings (SSSR count). The van der Waals surface area contributed by atoms with Gasteiger partial charge >= 0.3 is 0 Å². The van der Waals surface area contributed by atoms with Crippen LogP contribution in [0.25, 0.3) is 0 Å². The fourth-order valence-corrected chi connectivity index (χ4v) is 2.96. The third-order valence-electron chi connectivity index (χ3n) is 3.98. The van der Waals surface area contributed by atoms with Crippen molar-refractivity contribution in [2.45, 2.75) is 52.6 Å². The average Bonchev–Trinajstić information content (AvgIpc) is 2.37. The Morgan fingerprint density at radius 3 is 2.50 bits per heavy atom. The third kappa shape index (κ3) is 4.13. The molecular formula is C17H27ClN2. The smallest absolute Gasteiger partial charge is 0.0642 e. The number of benzene rings is 1. The van der Waals surface area contributed by atoms with Crippen molar-refractivity contribution < 1.29 is 0 Å². The quantitative estimate of drug-likeness (QED) is 0.885. The number of hydrogen-bond donors (Lipinski definition) is 1. The van der Waals surface area contributed by atoms with Crippen molar-refractivity contribution in [1.82, 2.24) is 5.32 Å². The van der Waals surface area contributed by atoms with Crippen LogP contribution in [0.1, 0.15) is 46.1 Å². The second-order valence-corrected chi connectivity index (χ2v) is 7.43. The van der Waals surface area contributed by atoms with E-state index in [-0.39, 0.29) is 5.54 Å². The summed E-state index contributed by atoms with van der Waals surface area (Å²) in [5.41, 5.74) is 2.66. The average molecular weight is 295 g/mol. The van der Waals surface area contributed by atoms with E-state index in [4.69, 9.17) is 11.6 Å². The lowest BCUT2D eigenvalue weighted by Crippen LogP contribution is -2.37. The van der Waals surface area contributed by atoms with Crippen LogP contribution in [0.15, 0.2) is 18.2 Å². The zero-order valence-electron chi connectivity index (χ0n) is 13.2. The lowest BCUT2D eigenvalue weighted by atomic mass is 9.98. The minimum absolute atomic E-state index is 0.121. The van der Waals surface area contributed by atoms with Gasteiger partial charge in [0.05, 0.1) is 10.7 Å². The van der Waals surface area contributed by atoms with E-state index < -0.39 is 0 Å². The van der Waals surface area contributed by atoms with Gasteiger partial charge in [0, 0.05) is 25.2 Å². The van der Waals surface area contributed by atoms with Crippen molar-refractivity contribution in [3.8, 4) is 0 Å². The van der Waals surface area contributed by atoms with Gasteiger partial charge in [-0.25, -0.2) is 0 Å². The Balaban J connectivity index is 2.18. The molecule has 0 amide bonds. The van der Waals surface area contributed by atoms with Crippen molar-refractivity contribution in [2.75, 3.05) is 18.0 Å². The van der Waals surface area contributed by atoms with Gasteiger partial charge in [0.2, 0.25) is 0 Å². The maximum atomic E-state index is 6.48. The molecule has 1 aromatic carbocycles. The van der Waals surface area contributed by atoms with Crippen LogP contribution >= 0.6 is 11.6 Å². The number of hydrogen-bond acceptors (Lipinski definition) is 2. The van der Waals surface area contributed by atoms with E-state index >= 15 is 0 Å². The molecule has 1 aromatic rings. The van der Waals surface area contributed by atoms with Crippen LogP contribution in [0, 0.1) is 5.92 Å². The van der Waals surface area contributed by atoms with Crippen LogP contribution in [0.4, 0.5) is 5.69 Å². The van der Waals surface area contributed by atoms with E-state index in [1.165, 1.54) is 24.1 Å². The van der Waals surface area contributed by atoms with Gasteiger partial charge < -0.3 is 10.2 Å². The fourth-order valence-electron chi connectivity index (χ4n) is 2.65. The second kappa shape index (κ2) is 6.36. The van der Waals surface area contributed by atoms with Crippen LogP contribution < -0.4 is 10.2 Å². The number of rotatable bonds is 3. The summed E-state index contributed by atoms with van der Waals surface area (Å²) >= 11 is 6.48. The number of para-hydroxylation sites is 1. The number of piperidine rings is 1. The highest BCUT2D eigenvalue weighted by molar-refractivity contribution is 6.33. The van der Waals surface area contributed by atoms with Gasteiger partial charge in [-0.15, -0.1) is 0 Å². The molecular weight excluding hydrogens is 268 g/mol. The molecule has 0 bridgehead atoms. The van der Waals surface area contributed by atoms with Crippen molar-refractivity contribution in [3.63, 3.8) is 0 Å². The SMILES string of the molecule is CC1CCN(c2c(Cl)cccc2CNC(C)(C)C)CC1. The highest BCUT2D eigenvalue weighted by atomic mass is 35.5. The normalized spacial score (nSPS) is 17.6. The predicted octanol–water partition coefficient (Wildman–Crippen LogP) is 4.46. The Morgan fingerprint density at radius 1 is 1.25 bits per heavy atom. The largest absolute Gasteiger partial charge is 0.370 e. The summed E-state index contributed by atoms with van der Waals surface area (Å²) in [5.74, 6) is 0.838. The first-order chi connectivity index (χ1) is 9.37. The third-order valence-corrected chi connectivity index (χ3v) is 4.28. The molecule has 1 fully saturated rings. The van der Waals surface area contributed by atoms with Crippen LogP contribution in [0.2, 0.25) is 5.02 Å². The Labute approximate surface area is 128 Å². The number of anilines is 1. The molecule has 1 aliphatic heterocycles. The zero-order chi connectivity index (χ0) is 14.8. The van der Waals surface area contributed by atoms with Crippen LogP contribution in [0.3, 0.4) is 0 Å². The monoisotopic (exact) mass is 294 g/mol. The van der Waals surface area contributed by atoms with Crippen LogP contribution in [-0.4, -0.2) is 18.6 Å². The minimum atomic E-state index is 0.121. The lowest BCUT2D eigenvalue weighted by Gasteiger charge is -2.34. The van der Waals surface area contributed by atoms with E-state index in [1.54, 1.807) is 0 Å². The van der Waals surface area contributed by atoms with E-state index in [0.29, 0.717) is 0 Å². The summed E-state index contributed by atoms with van der Waals surface area (Å²) in [5, 5.41) is 4.45. The first-order valence-corrected chi connectivity index (χ1v) is 8.02. The molecule has 1 N–H and O–H groups in total. The molecule has 0 unspecified atom stereocenters. The summed E-state index contributed by atoms with van der Waals surface area (Å²) in [4.78, 5) is 2.46. The molecule has 1 saturated heterocycles. The van der Waals surface area contributed by atoms with Gasteiger partial charge in [-0.2, -0.15) is 0 Å². The summed E-state index contributed by atoms with van der Waals surface area (Å²) in [7, 11) is 0. The Bertz CT molecular complexity index is 443. The summed E-state index contributed by atoms with van der Waals surface area (Å²) in [6.07, 6.45) is 2.52. The zero-order valence-corrected chi connectivity index (χ0v) is 13.9. The van der Waals surface area contributed by atoms with E-state index in [0.717, 1.165) is 30.6 Å². The maximum Gasteiger partial charge on any atom is 0.0642 e. The Morgan fingerprint density at radius 2 is 1.90 bits per heavy atom. The lowest BCUT2D eigenvalue weighted by molar-refractivity contribution is 0.420. The Kier molecular flexibility index (Phi) is 4.98. The highest BCUT2D eigenvalue weighted by Gasteiger charge is 2.21. The van der Waals surface area contributed by atoms with Crippen LogP contribution in [-0.2, 0) is 6.54 Å². The molecule has 0 radical (unpaired) electrons. The summed E-state index contributed by atoms with van der Waals surface area (Å²) in [6, 6.07) is 6.26. The number of nitrogens with zero attached hydrogens (tertiary/aromatic N) is 1. The fraction of sp³-hybridized carbons (Fsp3) is 0.647. The maximum absolute atomic E-state index is 6.48. The van der Waals surface area contributed by atoms with Gasteiger partial charge in [-0.1, -0.05) is 30.7 Å².